The SMILES string of the molecule is CCc1cccc(CNC[C@H](O)[C@H](Cc2cc(F)cc(F)c2)NC(=O)c2cc(C)cc(C(=O)N3CCC[C@@H]3COC)c2)c1. The van der Waals surface area contributed by atoms with Crippen molar-refractivity contribution in [1.82, 2.24) is 15.5 Å². The molecule has 0 radical (unpaired) electrons. The third-order valence-electron chi connectivity index (χ3n) is 7.82. The molecule has 1 heterocycles. The van der Waals surface area contributed by atoms with Crippen LogP contribution in [0.25, 0.3) is 0 Å². The molecule has 0 unspecified atom stereocenters. The third-order valence-corrected chi connectivity index (χ3v) is 7.82. The molecular weight excluding hydrogens is 552 g/mol. The number of ether oxygens (including phenoxy) is 1. The summed E-state index contributed by atoms with van der Waals surface area (Å²) in [5.41, 5.74) is 3.95. The Morgan fingerprint density at radius 3 is 2.47 bits per heavy atom. The number of halogens is 2. The summed E-state index contributed by atoms with van der Waals surface area (Å²) in [4.78, 5) is 28.7. The molecule has 3 atom stereocenters. The zero-order chi connectivity index (χ0) is 30.9. The van der Waals surface area contributed by atoms with Crippen LogP contribution in [-0.2, 0) is 24.1 Å². The van der Waals surface area contributed by atoms with Gasteiger partial charge < -0.3 is 25.4 Å². The molecule has 43 heavy (non-hydrogen) atoms. The molecule has 0 spiro atoms. The molecule has 1 aliphatic rings. The molecule has 3 aromatic carbocycles. The maximum Gasteiger partial charge on any atom is 0.254 e. The third kappa shape index (κ3) is 8.92. The maximum atomic E-state index is 14.0. The number of benzene rings is 3. The Kier molecular flexibility index (Phi) is 11.4. The van der Waals surface area contributed by atoms with E-state index in [2.05, 4.69) is 29.7 Å². The smallest absolute Gasteiger partial charge is 0.254 e. The first-order chi connectivity index (χ1) is 20.7. The number of carbonyl (C=O) groups excluding carboxylic acids is 2. The van der Waals surface area contributed by atoms with Crippen LogP contribution < -0.4 is 10.6 Å². The maximum absolute atomic E-state index is 14.0. The Labute approximate surface area is 252 Å². The van der Waals surface area contributed by atoms with E-state index in [-0.39, 0.29) is 30.5 Å². The van der Waals surface area contributed by atoms with E-state index in [1.807, 2.05) is 19.1 Å². The van der Waals surface area contributed by atoms with E-state index >= 15 is 0 Å². The molecule has 230 valence electrons. The Morgan fingerprint density at radius 2 is 1.74 bits per heavy atom. The molecule has 1 saturated heterocycles. The number of carbonyl (C=O) groups is 2. The fraction of sp³-hybridized carbons (Fsp3) is 0.412. The van der Waals surface area contributed by atoms with Crippen LogP contribution in [0.3, 0.4) is 0 Å². The lowest BCUT2D eigenvalue weighted by Crippen LogP contribution is -2.48. The Hall–Kier alpha value is -3.66. The molecule has 0 bridgehead atoms. The molecule has 1 fully saturated rings. The highest BCUT2D eigenvalue weighted by atomic mass is 19.1. The highest BCUT2D eigenvalue weighted by Crippen LogP contribution is 2.22. The first-order valence-corrected chi connectivity index (χ1v) is 14.8. The summed E-state index contributed by atoms with van der Waals surface area (Å²) in [7, 11) is 1.61. The lowest BCUT2D eigenvalue weighted by atomic mass is 9.99. The number of hydrogen-bond donors (Lipinski definition) is 3. The van der Waals surface area contributed by atoms with E-state index in [0.717, 1.165) is 36.5 Å². The summed E-state index contributed by atoms with van der Waals surface area (Å²) in [6, 6.07) is 15.4. The molecular formula is C34H41F2N3O4. The Bertz CT molecular complexity index is 1400. The second-order valence-corrected chi connectivity index (χ2v) is 11.3. The van der Waals surface area contributed by atoms with Gasteiger partial charge in [-0.25, -0.2) is 8.78 Å². The van der Waals surface area contributed by atoms with Gasteiger partial charge in [-0.2, -0.15) is 0 Å². The van der Waals surface area contributed by atoms with E-state index < -0.39 is 29.7 Å². The van der Waals surface area contributed by atoms with Gasteiger partial charge >= 0.3 is 0 Å². The highest BCUT2D eigenvalue weighted by molar-refractivity contribution is 6.00. The fourth-order valence-electron chi connectivity index (χ4n) is 5.66. The van der Waals surface area contributed by atoms with Crippen LogP contribution in [-0.4, -0.2) is 66.8 Å². The van der Waals surface area contributed by atoms with Gasteiger partial charge in [0.2, 0.25) is 0 Å². The molecule has 3 aromatic rings. The Balaban J connectivity index is 1.51. The molecule has 0 aliphatic carbocycles. The van der Waals surface area contributed by atoms with Gasteiger partial charge in [-0.15, -0.1) is 0 Å². The van der Waals surface area contributed by atoms with Gasteiger partial charge in [-0.3, -0.25) is 9.59 Å². The Morgan fingerprint density at radius 1 is 1.02 bits per heavy atom. The van der Waals surface area contributed by atoms with E-state index in [1.165, 1.54) is 17.7 Å². The molecule has 1 aliphatic heterocycles. The molecule has 2 amide bonds. The van der Waals surface area contributed by atoms with Crippen molar-refractivity contribution in [2.24, 2.45) is 0 Å². The number of aliphatic hydroxyl groups excluding tert-OH is 1. The molecule has 9 heteroatoms. The van der Waals surface area contributed by atoms with Crippen LogP contribution in [0, 0.1) is 18.6 Å². The minimum atomic E-state index is -1.07. The first-order valence-electron chi connectivity index (χ1n) is 14.8. The van der Waals surface area contributed by atoms with Crippen molar-refractivity contribution in [1.29, 1.82) is 0 Å². The number of hydrogen-bond acceptors (Lipinski definition) is 5. The monoisotopic (exact) mass is 593 g/mol. The predicted molar refractivity (Wildman–Crippen MR) is 162 cm³/mol. The van der Waals surface area contributed by atoms with Crippen molar-refractivity contribution in [2.75, 3.05) is 26.8 Å². The minimum absolute atomic E-state index is 0.00132. The van der Waals surface area contributed by atoms with Gasteiger partial charge in [-0.05, 0) is 85.2 Å². The number of likely N-dealkylation sites (tertiary alicyclic amines) is 1. The van der Waals surface area contributed by atoms with E-state index in [0.29, 0.717) is 30.8 Å². The number of amides is 2. The molecule has 7 nitrogen and oxygen atoms in total. The molecule has 3 N–H and O–H groups in total. The zero-order valence-electron chi connectivity index (χ0n) is 25.0. The lowest BCUT2D eigenvalue weighted by Gasteiger charge is -2.26. The van der Waals surface area contributed by atoms with Gasteiger partial charge in [0.1, 0.15) is 11.6 Å². The quantitative estimate of drug-likeness (QED) is 0.270. The predicted octanol–water partition coefficient (Wildman–Crippen LogP) is 4.58. The van der Waals surface area contributed by atoms with Crippen LogP contribution in [0.1, 0.15) is 62.7 Å². The van der Waals surface area contributed by atoms with E-state index in [4.69, 9.17) is 4.74 Å². The number of nitrogens with one attached hydrogen (secondary N) is 2. The normalized spacial score (nSPS) is 16.2. The van der Waals surface area contributed by atoms with Crippen molar-refractivity contribution in [3.05, 3.63) is 106 Å². The number of aryl methyl sites for hydroxylation is 2. The number of nitrogens with zero attached hydrogens (tertiary/aromatic N) is 1. The minimum Gasteiger partial charge on any atom is -0.390 e. The van der Waals surface area contributed by atoms with E-state index in [1.54, 1.807) is 30.2 Å². The fourth-order valence-corrected chi connectivity index (χ4v) is 5.66. The van der Waals surface area contributed by atoms with Crippen LogP contribution in [0.5, 0.6) is 0 Å². The van der Waals surface area contributed by atoms with Crippen LogP contribution in [0.4, 0.5) is 8.78 Å². The van der Waals surface area contributed by atoms with Gasteiger partial charge in [0.25, 0.3) is 11.8 Å². The molecule has 4 rings (SSSR count). The van der Waals surface area contributed by atoms with Crippen LogP contribution >= 0.6 is 0 Å². The second-order valence-electron chi connectivity index (χ2n) is 11.3. The van der Waals surface area contributed by atoms with Crippen molar-refractivity contribution in [3.63, 3.8) is 0 Å². The number of rotatable bonds is 13. The van der Waals surface area contributed by atoms with Gasteiger partial charge in [0, 0.05) is 43.9 Å². The highest BCUT2D eigenvalue weighted by Gasteiger charge is 2.30. The summed E-state index contributed by atoms with van der Waals surface area (Å²) < 4.78 is 33.3. The standard InChI is InChI=1S/C34H41F2N3O4/c1-4-23-7-5-8-24(13-23)19-37-20-32(40)31(16-25-14-28(35)18-29(36)15-25)38-33(41)26-11-22(2)12-27(17-26)34(42)39-10-6-9-30(39)21-43-3/h5,7-8,11-15,17-18,30-32,37,40H,4,6,9-10,16,19-21H2,1-3H3,(H,38,41)/t30-,31+,32+/m1/s1. The number of aliphatic hydroxyl groups is 1. The topological polar surface area (TPSA) is 90.9 Å². The second kappa shape index (κ2) is 15.2. The van der Waals surface area contributed by atoms with Gasteiger partial charge in [0.05, 0.1) is 24.8 Å². The van der Waals surface area contributed by atoms with Crippen molar-refractivity contribution in [3.8, 4) is 0 Å². The van der Waals surface area contributed by atoms with Crippen LogP contribution in [0.15, 0.2) is 60.7 Å². The molecule has 0 saturated carbocycles. The van der Waals surface area contributed by atoms with Crippen molar-refractivity contribution in [2.45, 2.75) is 64.3 Å². The first kappa shape index (κ1) is 32.3. The van der Waals surface area contributed by atoms with Gasteiger partial charge in [-0.1, -0.05) is 31.2 Å². The average Bonchev–Trinajstić information content (AvgIpc) is 3.44. The average molecular weight is 594 g/mol. The summed E-state index contributed by atoms with van der Waals surface area (Å²) in [6.45, 7) is 5.59. The number of methoxy groups -OCH3 is 1. The zero-order valence-corrected chi connectivity index (χ0v) is 25.0. The van der Waals surface area contributed by atoms with Gasteiger partial charge in [0.15, 0.2) is 0 Å². The van der Waals surface area contributed by atoms with E-state index in [9.17, 15) is 23.5 Å². The summed E-state index contributed by atoms with van der Waals surface area (Å²) in [5, 5.41) is 17.3. The lowest BCUT2D eigenvalue weighted by molar-refractivity contribution is 0.0630. The summed E-state index contributed by atoms with van der Waals surface area (Å²) in [6.07, 6.45) is 1.58. The largest absolute Gasteiger partial charge is 0.390 e. The van der Waals surface area contributed by atoms with Crippen molar-refractivity contribution < 1.29 is 28.2 Å². The summed E-state index contributed by atoms with van der Waals surface area (Å²) in [5.74, 6) is -2.14. The summed E-state index contributed by atoms with van der Waals surface area (Å²) >= 11 is 0. The van der Waals surface area contributed by atoms with Crippen molar-refractivity contribution >= 4 is 11.8 Å². The molecule has 0 aromatic heterocycles. The van der Waals surface area contributed by atoms with Crippen LogP contribution in [0.2, 0.25) is 0 Å².